The number of ether oxygens (including phenoxy) is 2. The number of hydrogen-bond donors (Lipinski definition) is 0. The topological polar surface area (TPSA) is 79.4 Å². The van der Waals surface area contributed by atoms with Gasteiger partial charge >= 0.3 is 0 Å². The van der Waals surface area contributed by atoms with E-state index in [9.17, 15) is 13.2 Å². The predicted molar refractivity (Wildman–Crippen MR) is 114 cm³/mol. The smallest absolute Gasteiger partial charge is 0.243 e. The maximum atomic E-state index is 13.0. The minimum atomic E-state index is -3.65. The molecule has 168 valence electrons. The van der Waals surface area contributed by atoms with Crippen molar-refractivity contribution in [3.8, 4) is 11.5 Å². The third-order valence-corrected chi connectivity index (χ3v) is 7.94. The molecule has 3 rings (SSSR count). The van der Waals surface area contributed by atoms with Crippen LogP contribution in [-0.4, -0.2) is 87.5 Å². The predicted octanol–water partition coefficient (Wildman–Crippen LogP) is 1.66. The second kappa shape index (κ2) is 8.72. The number of rotatable bonds is 5. The minimum absolute atomic E-state index is 0.0324. The van der Waals surface area contributed by atoms with Crippen LogP contribution >= 0.6 is 0 Å². The number of sulfonamides is 1. The highest BCUT2D eigenvalue weighted by Gasteiger charge is 2.32. The first-order valence-corrected chi connectivity index (χ1v) is 11.8. The van der Waals surface area contributed by atoms with Crippen LogP contribution in [0.1, 0.15) is 27.7 Å². The van der Waals surface area contributed by atoms with Crippen LogP contribution < -0.4 is 9.47 Å². The van der Waals surface area contributed by atoms with E-state index in [1.165, 1.54) is 10.4 Å². The molecule has 2 heterocycles. The Kier molecular flexibility index (Phi) is 6.64. The number of fused-ring (bicyclic) bond motifs is 1. The molecule has 30 heavy (non-hydrogen) atoms. The van der Waals surface area contributed by atoms with Crippen LogP contribution in [0.25, 0.3) is 0 Å². The van der Waals surface area contributed by atoms with Gasteiger partial charge in [0.15, 0.2) is 11.5 Å². The molecule has 0 aliphatic carbocycles. The molecule has 0 N–H and O–H groups in total. The van der Waals surface area contributed by atoms with Crippen LogP contribution in [0.4, 0.5) is 0 Å². The van der Waals surface area contributed by atoms with Crippen molar-refractivity contribution in [3.63, 3.8) is 0 Å². The van der Waals surface area contributed by atoms with E-state index in [2.05, 4.69) is 32.6 Å². The van der Waals surface area contributed by atoms with E-state index < -0.39 is 10.0 Å². The number of benzene rings is 1. The molecule has 0 radical (unpaired) electrons. The standard InChI is InChI=1S/C21H33N3O5S/c1-16(21(2,3)4)22(5)15-20(25)23-8-10-24(11-9-23)30(26,27)17-6-7-18-19(14-17)29-13-12-28-18/h6-7,14,16H,8-13,15H2,1-5H3/t16-/m0/s1. The van der Waals surface area contributed by atoms with E-state index in [0.717, 1.165) is 0 Å². The maximum absolute atomic E-state index is 13.0. The maximum Gasteiger partial charge on any atom is 0.243 e. The molecule has 1 saturated heterocycles. The average Bonchev–Trinajstić information content (AvgIpc) is 2.72. The van der Waals surface area contributed by atoms with Crippen molar-refractivity contribution in [2.45, 2.75) is 38.6 Å². The zero-order chi connectivity index (χ0) is 22.1. The van der Waals surface area contributed by atoms with Gasteiger partial charge in [0.05, 0.1) is 11.4 Å². The Morgan fingerprint density at radius 3 is 2.30 bits per heavy atom. The van der Waals surface area contributed by atoms with Gasteiger partial charge in [0.2, 0.25) is 15.9 Å². The summed E-state index contributed by atoms with van der Waals surface area (Å²) in [5.74, 6) is 1.04. The highest BCUT2D eigenvalue weighted by Crippen LogP contribution is 2.33. The molecule has 2 aliphatic rings. The van der Waals surface area contributed by atoms with Gasteiger partial charge in [0, 0.05) is 38.3 Å². The molecule has 1 fully saturated rings. The minimum Gasteiger partial charge on any atom is -0.486 e. The van der Waals surface area contributed by atoms with E-state index in [1.807, 2.05) is 7.05 Å². The average molecular weight is 440 g/mol. The number of likely N-dealkylation sites (N-methyl/N-ethyl adjacent to an activating group) is 1. The fourth-order valence-electron chi connectivity index (χ4n) is 3.62. The monoisotopic (exact) mass is 439 g/mol. The van der Waals surface area contributed by atoms with Crippen molar-refractivity contribution in [2.75, 3.05) is 53.0 Å². The molecule has 0 unspecified atom stereocenters. The van der Waals surface area contributed by atoms with E-state index >= 15 is 0 Å². The Bertz CT molecular complexity index is 873. The van der Waals surface area contributed by atoms with Crippen LogP contribution in [0.5, 0.6) is 11.5 Å². The number of amides is 1. The van der Waals surface area contributed by atoms with E-state index in [0.29, 0.717) is 44.3 Å². The summed E-state index contributed by atoms with van der Waals surface area (Å²) in [6.45, 7) is 11.1. The Morgan fingerprint density at radius 2 is 1.70 bits per heavy atom. The summed E-state index contributed by atoms with van der Waals surface area (Å²) < 4.78 is 38.5. The fraction of sp³-hybridized carbons (Fsp3) is 0.667. The van der Waals surface area contributed by atoms with Gasteiger partial charge in [-0.3, -0.25) is 9.69 Å². The van der Waals surface area contributed by atoms with Crippen LogP contribution in [0.15, 0.2) is 23.1 Å². The normalized spacial score (nSPS) is 19.1. The summed E-state index contributed by atoms with van der Waals surface area (Å²) >= 11 is 0. The molecule has 0 bridgehead atoms. The quantitative estimate of drug-likeness (QED) is 0.694. The summed E-state index contributed by atoms with van der Waals surface area (Å²) in [6, 6.07) is 4.94. The Hall–Kier alpha value is -1.84. The van der Waals surface area contributed by atoms with E-state index in [4.69, 9.17) is 9.47 Å². The lowest BCUT2D eigenvalue weighted by molar-refractivity contribution is -0.134. The summed E-state index contributed by atoms with van der Waals surface area (Å²) in [4.78, 5) is 16.7. The number of carbonyl (C=O) groups excluding carboxylic acids is 1. The van der Waals surface area contributed by atoms with Crippen LogP contribution in [0, 0.1) is 5.41 Å². The lowest BCUT2D eigenvalue weighted by Crippen LogP contribution is -2.53. The van der Waals surface area contributed by atoms with Gasteiger partial charge in [-0.2, -0.15) is 4.31 Å². The van der Waals surface area contributed by atoms with Crippen LogP contribution in [-0.2, 0) is 14.8 Å². The zero-order valence-corrected chi connectivity index (χ0v) is 19.4. The van der Waals surface area contributed by atoms with Crippen molar-refractivity contribution in [1.29, 1.82) is 0 Å². The van der Waals surface area contributed by atoms with Gasteiger partial charge in [0.25, 0.3) is 0 Å². The summed E-state index contributed by atoms with van der Waals surface area (Å²) in [6.07, 6.45) is 0. The third-order valence-electron chi connectivity index (χ3n) is 6.04. The summed E-state index contributed by atoms with van der Waals surface area (Å²) in [7, 11) is -1.70. The van der Waals surface area contributed by atoms with Crippen molar-refractivity contribution in [1.82, 2.24) is 14.1 Å². The van der Waals surface area contributed by atoms with E-state index in [1.54, 1.807) is 17.0 Å². The number of nitrogens with zero attached hydrogens (tertiary/aromatic N) is 3. The highest BCUT2D eigenvalue weighted by molar-refractivity contribution is 7.89. The molecular formula is C21H33N3O5S. The molecule has 0 saturated carbocycles. The van der Waals surface area contributed by atoms with Gasteiger partial charge < -0.3 is 14.4 Å². The first-order valence-electron chi connectivity index (χ1n) is 10.4. The first kappa shape index (κ1) is 22.8. The third kappa shape index (κ3) is 4.90. The van der Waals surface area contributed by atoms with Crippen LogP contribution in [0.3, 0.4) is 0 Å². The van der Waals surface area contributed by atoms with Gasteiger partial charge in [-0.15, -0.1) is 0 Å². The van der Waals surface area contributed by atoms with Crippen LogP contribution in [0.2, 0.25) is 0 Å². The van der Waals surface area contributed by atoms with Gasteiger partial charge in [0.1, 0.15) is 13.2 Å². The Balaban J connectivity index is 1.60. The molecule has 1 aromatic carbocycles. The van der Waals surface area contributed by atoms with Crippen molar-refractivity contribution in [3.05, 3.63) is 18.2 Å². The molecule has 9 heteroatoms. The highest BCUT2D eigenvalue weighted by atomic mass is 32.2. The lowest BCUT2D eigenvalue weighted by Gasteiger charge is -2.38. The number of carbonyl (C=O) groups is 1. The van der Waals surface area contributed by atoms with Crippen molar-refractivity contribution >= 4 is 15.9 Å². The molecule has 8 nitrogen and oxygen atoms in total. The SMILES string of the molecule is C[C@H](N(C)CC(=O)N1CCN(S(=O)(=O)c2ccc3c(c2)OCCO3)CC1)C(C)(C)C. The fourth-order valence-corrected chi connectivity index (χ4v) is 5.06. The van der Waals surface area contributed by atoms with Gasteiger partial charge in [-0.05, 0) is 31.5 Å². The summed E-state index contributed by atoms with van der Waals surface area (Å²) in [5.41, 5.74) is 0.0748. The molecular weight excluding hydrogens is 406 g/mol. The molecule has 2 aliphatic heterocycles. The number of hydrogen-bond acceptors (Lipinski definition) is 6. The molecule has 0 spiro atoms. The largest absolute Gasteiger partial charge is 0.486 e. The van der Waals surface area contributed by atoms with Crippen molar-refractivity contribution < 1.29 is 22.7 Å². The second-order valence-electron chi connectivity index (χ2n) is 9.05. The lowest BCUT2D eigenvalue weighted by atomic mass is 9.87. The second-order valence-corrected chi connectivity index (χ2v) is 11.0. The molecule has 1 aromatic rings. The molecule has 1 atom stereocenters. The summed E-state index contributed by atoms with van der Waals surface area (Å²) in [5, 5.41) is 0. The van der Waals surface area contributed by atoms with E-state index in [-0.39, 0.29) is 35.3 Å². The first-order chi connectivity index (χ1) is 14.0. The Morgan fingerprint density at radius 1 is 1.10 bits per heavy atom. The van der Waals surface area contributed by atoms with Crippen molar-refractivity contribution in [2.24, 2.45) is 5.41 Å². The van der Waals surface area contributed by atoms with Gasteiger partial charge in [-0.1, -0.05) is 20.8 Å². The number of piperazine rings is 1. The van der Waals surface area contributed by atoms with Gasteiger partial charge in [-0.25, -0.2) is 8.42 Å². The molecule has 0 aromatic heterocycles. The molecule has 1 amide bonds. The Labute approximate surface area is 179 Å². The zero-order valence-electron chi connectivity index (χ0n) is 18.6.